The third-order valence-electron chi connectivity index (χ3n) is 7.07. The van der Waals surface area contributed by atoms with E-state index in [-0.39, 0.29) is 0 Å². The van der Waals surface area contributed by atoms with Crippen LogP contribution in [0.3, 0.4) is 0 Å². The van der Waals surface area contributed by atoms with E-state index in [1.165, 1.54) is 5.56 Å². The average molecular weight is 505 g/mol. The lowest BCUT2D eigenvalue weighted by atomic mass is 10.1. The zero-order valence-electron chi connectivity index (χ0n) is 21.9. The van der Waals surface area contributed by atoms with Crippen molar-refractivity contribution in [2.75, 3.05) is 44.7 Å². The molecule has 0 bridgehead atoms. The fourth-order valence-electron chi connectivity index (χ4n) is 4.94. The van der Waals surface area contributed by atoms with E-state index in [1.807, 2.05) is 31.3 Å². The zero-order chi connectivity index (χ0) is 25.9. The van der Waals surface area contributed by atoms with Crippen LogP contribution in [0.15, 0.2) is 84.0 Å². The van der Waals surface area contributed by atoms with E-state index in [0.29, 0.717) is 6.54 Å². The maximum atomic E-state index is 5.51. The number of ether oxygens (including phenoxy) is 1. The molecule has 1 saturated heterocycles. The van der Waals surface area contributed by atoms with Crippen molar-refractivity contribution in [3.05, 3.63) is 95.6 Å². The maximum Gasteiger partial charge on any atom is 0.0900 e. The first-order chi connectivity index (χ1) is 18.7. The molecule has 0 spiro atoms. The second-order valence-corrected chi connectivity index (χ2v) is 9.73. The van der Waals surface area contributed by atoms with Crippen LogP contribution in [0.4, 0.5) is 11.4 Å². The third-order valence-corrected chi connectivity index (χ3v) is 7.07. The minimum Gasteiger partial charge on any atom is -0.379 e. The van der Waals surface area contributed by atoms with Crippen LogP contribution in [-0.2, 0) is 4.74 Å². The SMILES string of the molecule is Cc1ccc(-n2c3cc(=NCCN4CCOCC4)c(Nc4cccnc4C)cc-3nc3ccccc32)cc1. The standard InChI is InChI=1S/C31H32N6O/c1-22-9-11-24(12-10-22)37-30-8-4-3-6-26(30)35-29-20-28(34-25-7-5-13-32-23(25)2)27(21-31(29)37)33-14-15-36-16-18-38-19-17-36/h3-13,20-21,34H,14-19H2,1-2H3. The number of pyridine rings is 1. The highest BCUT2D eigenvalue weighted by atomic mass is 16.5. The van der Waals surface area contributed by atoms with E-state index in [1.54, 1.807) is 0 Å². The normalized spacial score (nSPS) is 14.8. The van der Waals surface area contributed by atoms with Gasteiger partial charge >= 0.3 is 0 Å². The predicted octanol–water partition coefficient (Wildman–Crippen LogP) is 5.12. The molecule has 3 aliphatic rings. The Balaban J connectivity index is 1.53. The first-order valence-electron chi connectivity index (χ1n) is 13.2. The predicted molar refractivity (Wildman–Crippen MR) is 152 cm³/mol. The Morgan fingerprint density at radius 2 is 1.74 bits per heavy atom. The van der Waals surface area contributed by atoms with E-state index < -0.39 is 0 Å². The van der Waals surface area contributed by atoms with Gasteiger partial charge in [0.05, 0.1) is 64.6 Å². The van der Waals surface area contributed by atoms with Gasteiger partial charge in [-0.1, -0.05) is 29.8 Å². The highest BCUT2D eigenvalue weighted by molar-refractivity contribution is 5.84. The summed E-state index contributed by atoms with van der Waals surface area (Å²) in [5.41, 5.74) is 9.08. The van der Waals surface area contributed by atoms with Crippen molar-refractivity contribution in [2.24, 2.45) is 4.99 Å². The quantitative estimate of drug-likeness (QED) is 0.325. The van der Waals surface area contributed by atoms with Crippen LogP contribution in [-0.4, -0.2) is 58.8 Å². The van der Waals surface area contributed by atoms with Gasteiger partial charge in [-0.15, -0.1) is 0 Å². The number of nitrogens with one attached hydrogen (secondary N) is 1. The Bertz CT molecular complexity index is 1600. The Labute approximate surface area is 222 Å². The largest absolute Gasteiger partial charge is 0.379 e. The van der Waals surface area contributed by atoms with Crippen LogP contribution < -0.4 is 10.7 Å². The van der Waals surface area contributed by atoms with Crippen molar-refractivity contribution in [3.63, 3.8) is 0 Å². The van der Waals surface area contributed by atoms with E-state index in [2.05, 4.69) is 81.3 Å². The summed E-state index contributed by atoms with van der Waals surface area (Å²) in [7, 11) is 0. The van der Waals surface area contributed by atoms with Gasteiger partial charge < -0.3 is 14.6 Å². The van der Waals surface area contributed by atoms with Crippen LogP contribution in [0.1, 0.15) is 11.3 Å². The molecule has 0 radical (unpaired) electrons. The molecule has 3 heterocycles. The van der Waals surface area contributed by atoms with Crippen LogP contribution >= 0.6 is 0 Å². The lowest BCUT2D eigenvalue weighted by Crippen LogP contribution is -2.38. The molecule has 2 aromatic carbocycles. The summed E-state index contributed by atoms with van der Waals surface area (Å²) >= 11 is 0. The number of hydrogen-bond acceptors (Lipinski definition) is 6. The van der Waals surface area contributed by atoms with Gasteiger partial charge in [0.15, 0.2) is 0 Å². The molecule has 2 aliphatic heterocycles. The monoisotopic (exact) mass is 504 g/mol. The first-order valence-corrected chi connectivity index (χ1v) is 13.2. The molecule has 1 aromatic heterocycles. The van der Waals surface area contributed by atoms with Gasteiger partial charge in [-0.2, -0.15) is 0 Å². The fraction of sp³-hybridized carbons (Fsp3) is 0.258. The molecule has 1 N–H and O–H groups in total. The van der Waals surface area contributed by atoms with E-state index >= 15 is 0 Å². The number of fused-ring (bicyclic) bond motifs is 2. The van der Waals surface area contributed by atoms with Crippen LogP contribution in [0, 0.1) is 13.8 Å². The number of aryl methyl sites for hydroxylation is 2. The van der Waals surface area contributed by atoms with E-state index in [9.17, 15) is 0 Å². The minimum atomic E-state index is 0.706. The van der Waals surface area contributed by atoms with Gasteiger partial charge in [0.1, 0.15) is 0 Å². The van der Waals surface area contributed by atoms with E-state index in [0.717, 1.165) is 83.4 Å². The number of hydrogen-bond donors (Lipinski definition) is 1. The fourth-order valence-corrected chi connectivity index (χ4v) is 4.94. The molecule has 0 saturated carbocycles. The second kappa shape index (κ2) is 10.7. The lowest BCUT2D eigenvalue weighted by Gasteiger charge is -2.25. The van der Waals surface area contributed by atoms with Gasteiger partial charge in [0.25, 0.3) is 0 Å². The molecular formula is C31H32N6O. The number of aromatic nitrogens is 3. The summed E-state index contributed by atoms with van der Waals surface area (Å²) in [4.78, 5) is 17.0. The van der Waals surface area contributed by atoms with Gasteiger partial charge in [0, 0.05) is 31.5 Å². The summed E-state index contributed by atoms with van der Waals surface area (Å²) in [6, 6.07) is 25.2. The van der Waals surface area contributed by atoms with Gasteiger partial charge in [0.2, 0.25) is 0 Å². The number of para-hydroxylation sites is 2. The topological polar surface area (TPSA) is 67.6 Å². The summed E-state index contributed by atoms with van der Waals surface area (Å²) in [6.07, 6.45) is 1.81. The molecule has 7 nitrogen and oxygen atoms in total. The Hall–Kier alpha value is -4.07. The summed E-state index contributed by atoms with van der Waals surface area (Å²) in [6.45, 7) is 9.22. The number of benzene rings is 3. The Morgan fingerprint density at radius 1 is 0.921 bits per heavy atom. The highest BCUT2D eigenvalue weighted by Crippen LogP contribution is 2.30. The summed E-state index contributed by atoms with van der Waals surface area (Å²) in [5, 5.41) is 4.51. The molecule has 192 valence electrons. The molecule has 0 atom stereocenters. The van der Waals surface area contributed by atoms with Crippen molar-refractivity contribution >= 4 is 22.4 Å². The van der Waals surface area contributed by atoms with Crippen molar-refractivity contribution in [1.29, 1.82) is 0 Å². The van der Waals surface area contributed by atoms with Crippen molar-refractivity contribution < 1.29 is 4.74 Å². The Kier molecular flexibility index (Phi) is 6.86. The number of morpholine rings is 1. The van der Waals surface area contributed by atoms with Gasteiger partial charge in [-0.3, -0.25) is 14.9 Å². The molecule has 0 unspecified atom stereocenters. The molecule has 38 heavy (non-hydrogen) atoms. The molecule has 7 heteroatoms. The third kappa shape index (κ3) is 5.03. The van der Waals surface area contributed by atoms with Gasteiger partial charge in [-0.05, 0) is 62.4 Å². The molecule has 3 aromatic rings. The number of anilines is 2. The first kappa shape index (κ1) is 24.3. The average Bonchev–Trinajstić information content (AvgIpc) is 2.94. The Morgan fingerprint density at radius 3 is 2.55 bits per heavy atom. The van der Waals surface area contributed by atoms with Crippen LogP contribution in [0.2, 0.25) is 0 Å². The van der Waals surface area contributed by atoms with E-state index in [4.69, 9.17) is 14.7 Å². The van der Waals surface area contributed by atoms with Crippen molar-refractivity contribution in [1.82, 2.24) is 19.4 Å². The summed E-state index contributed by atoms with van der Waals surface area (Å²) < 4.78 is 7.80. The molecular weight excluding hydrogens is 472 g/mol. The maximum absolute atomic E-state index is 5.51. The minimum absolute atomic E-state index is 0.706. The van der Waals surface area contributed by atoms with Crippen LogP contribution in [0.5, 0.6) is 0 Å². The lowest BCUT2D eigenvalue weighted by molar-refractivity contribution is 0.0394. The smallest absolute Gasteiger partial charge is 0.0900 e. The van der Waals surface area contributed by atoms with Crippen molar-refractivity contribution in [2.45, 2.75) is 13.8 Å². The van der Waals surface area contributed by atoms with Crippen LogP contribution in [0.25, 0.3) is 28.1 Å². The highest BCUT2D eigenvalue weighted by Gasteiger charge is 2.17. The van der Waals surface area contributed by atoms with Crippen molar-refractivity contribution in [3.8, 4) is 17.1 Å². The molecule has 1 fully saturated rings. The number of rotatable bonds is 6. The molecule has 1 aliphatic carbocycles. The molecule has 0 amide bonds. The van der Waals surface area contributed by atoms with Gasteiger partial charge in [-0.25, -0.2) is 4.98 Å². The summed E-state index contributed by atoms with van der Waals surface area (Å²) in [5.74, 6) is 0. The molecule has 6 rings (SSSR count). The number of nitrogens with zero attached hydrogens (tertiary/aromatic N) is 5. The second-order valence-electron chi connectivity index (χ2n) is 9.73. The zero-order valence-corrected chi connectivity index (χ0v) is 21.9.